The highest BCUT2D eigenvalue weighted by atomic mass is 35.5. The van der Waals surface area contributed by atoms with Crippen molar-refractivity contribution in [2.45, 2.75) is 32.0 Å². The Labute approximate surface area is 250 Å². The fourth-order valence-corrected chi connectivity index (χ4v) is 5.85. The molecule has 0 spiro atoms. The van der Waals surface area contributed by atoms with Gasteiger partial charge in [0, 0.05) is 41.2 Å². The number of nitrogens with zero attached hydrogens (tertiary/aromatic N) is 2. The predicted molar refractivity (Wildman–Crippen MR) is 164 cm³/mol. The van der Waals surface area contributed by atoms with E-state index in [1.165, 1.54) is 18.5 Å². The van der Waals surface area contributed by atoms with Crippen LogP contribution < -0.4 is 9.21 Å². The molecular weight excluding hydrogens is 580 g/mol. The molecule has 220 valence electrons. The Morgan fingerprint density at radius 1 is 0.905 bits per heavy atom. The van der Waals surface area contributed by atoms with Crippen LogP contribution in [0.2, 0.25) is 5.02 Å². The van der Waals surface area contributed by atoms with Crippen LogP contribution in [0.5, 0.6) is 0 Å². The van der Waals surface area contributed by atoms with Gasteiger partial charge in [0.15, 0.2) is 6.10 Å². The zero-order chi connectivity index (χ0) is 30.4. The maximum absolute atomic E-state index is 12.7. The summed E-state index contributed by atoms with van der Waals surface area (Å²) in [6, 6.07) is 24.3. The zero-order valence-electron chi connectivity index (χ0n) is 23.3. The molecule has 0 saturated carbocycles. The van der Waals surface area contributed by atoms with Crippen LogP contribution >= 0.6 is 11.6 Å². The Balaban J connectivity index is 1.81. The maximum atomic E-state index is 12.7. The summed E-state index contributed by atoms with van der Waals surface area (Å²) in [6.07, 6.45) is -1.05. The van der Waals surface area contributed by atoms with E-state index in [0.29, 0.717) is 33.9 Å². The van der Waals surface area contributed by atoms with E-state index in [-0.39, 0.29) is 12.5 Å². The normalized spacial score (nSPS) is 12.6. The van der Waals surface area contributed by atoms with Crippen LogP contribution in [-0.2, 0) is 36.5 Å². The number of hydrogen-bond donors (Lipinski definition) is 2. The first-order valence-electron chi connectivity index (χ1n) is 13.0. The Hall–Kier alpha value is -4.12. The number of halogens is 1. The van der Waals surface area contributed by atoms with Gasteiger partial charge < -0.3 is 19.5 Å². The van der Waals surface area contributed by atoms with Gasteiger partial charge in [-0.25, -0.2) is 17.5 Å². The first-order chi connectivity index (χ1) is 20.1. The lowest BCUT2D eigenvalue weighted by Crippen LogP contribution is -2.34. The van der Waals surface area contributed by atoms with Gasteiger partial charge in [-0.1, -0.05) is 60.1 Å². The van der Waals surface area contributed by atoms with Crippen molar-refractivity contribution in [3.8, 4) is 0 Å². The number of carbonyl (C=O) groups is 2. The third-order valence-electron chi connectivity index (χ3n) is 6.91. The van der Waals surface area contributed by atoms with Crippen molar-refractivity contribution >= 4 is 62.3 Å². The van der Waals surface area contributed by atoms with E-state index in [0.717, 1.165) is 16.6 Å². The van der Waals surface area contributed by atoms with E-state index < -0.39 is 28.9 Å². The minimum atomic E-state index is -3.12. The molecule has 0 aliphatic carbocycles. The van der Waals surface area contributed by atoms with Gasteiger partial charge in [0.2, 0.25) is 10.9 Å². The second kappa shape index (κ2) is 13.7. The Morgan fingerprint density at radius 3 is 2.12 bits per heavy atom. The molecule has 0 aliphatic heterocycles. The molecule has 4 aromatic carbocycles. The number of carboxylic acid groups (broad SMARTS) is 1. The third-order valence-corrected chi connectivity index (χ3v) is 7.92. The average Bonchev–Trinajstić information content (AvgIpc) is 2.97. The minimum absolute atomic E-state index is 0.102. The number of carboxylic acids is 1. The SMILES string of the molecule is COC(=O)C(OC)c1ccc(N(c2ccc(N(Cc3cccc(Cl)c3)[C@@H](C)CC(=O)O)c3ccccc23)[SH](=O)=O)cc1. The van der Waals surface area contributed by atoms with Crippen LogP contribution in [-0.4, -0.2) is 45.7 Å². The molecule has 0 aromatic heterocycles. The van der Waals surface area contributed by atoms with Crippen molar-refractivity contribution in [1.29, 1.82) is 0 Å². The predicted octanol–water partition coefficient (Wildman–Crippen LogP) is 5.89. The largest absolute Gasteiger partial charge is 0.481 e. The topological polar surface area (TPSA) is 113 Å². The molecule has 0 fully saturated rings. The van der Waals surface area contributed by atoms with Crippen LogP contribution in [0.4, 0.5) is 17.1 Å². The summed E-state index contributed by atoms with van der Waals surface area (Å²) in [7, 11) is -0.472. The maximum Gasteiger partial charge on any atom is 0.339 e. The monoisotopic (exact) mass is 610 g/mol. The minimum Gasteiger partial charge on any atom is -0.481 e. The fourth-order valence-electron chi connectivity index (χ4n) is 4.96. The van der Waals surface area contributed by atoms with Gasteiger partial charge in [-0.15, -0.1) is 0 Å². The van der Waals surface area contributed by atoms with Crippen molar-refractivity contribution < 1.29 is 32.6 Å². The van der Waals surface area contributed by atoms with E-state index in [4.69, 9.17) is 21.1 Å². The number of esters is 1. The lowest BCUT2D eigenvalue weighted by Gasteiger charge is -2.33. The highest BCUT2D eigenvalue weighted by Gasteiger charge is 2.24. The molecule has 11 heteroatoms. The molecule has 0 amide bonds. The first kappa shape index (κ1) is 30.8. The molecular formula is C31H31ClN2O7S. The number of carbonyl (C=O) groups excluding carboxylic acids is 1. The van der Waals surface area contributed by atoms with Gasteiger partial charge in [0.1, 0.15) is 0 Å². The van der Waals surface area contributed by atoms with E-state index in [2.05, 4.69) is 0 Å². The number of aliphatic carboxylic acids is 1. The van der Waals surface area contributed by atoms with Gasteiger partial charge in [0.25, 0.3) is 0 Å². The lowest BCUT2D eigenvalue weighted by atomic mass is 10.0. The van der Waals surface area contributed by atoms with E-state index in [9.17, 15) is 23.1 Å². The summed E-state index contributed by atoms with van der Waals surface area (Å²) in [5.41, 5.74) is 2.95. The number of benzene rings is 4. The van der Waals surface area contributed by atoms with Gasteiger partial charge in [-0.3, -0.25) is 4.79 Å². The van der Waals surface area contributed by atoms with E-state index in [1.54, 1.807) is 42.5 Å². The van der Waals surface area contributed by atoms with Crippen molar-refractivity contribution in [3.63, 3.8) is 0 Å². The van der Waals surface area contributed by atoms with Gasteiger partial charge in [-0.2, -0.15) is 0 Å². The molecule has 1 unspecified atom stereocenters. The summed E-state index contributed by atoms with van der Waals surface area (Å²) >= 11 is 6.23. The molecule has 9 nitrogen and oxygen atoms in total. The highest BCUT2D eigenvalue weighted by Crippen LogP contribution is 2.39. The van der Waals surface area contributed by atoms with Crippen LogP contribution in [0.1, 0.15) is 30.6 Å². The molecule has 0 radical (unpaired) electrons. The smallest absolute Gasteiger partial charge is 0.339 e. The Morgan fingerprint density at radius 2 is 1.55 bits per heavy atom. The summed E-state index contributed by atoms with van der Waals surface area (Å²) in [4.78, 5) is 25.7. The van der Waals surface area contributed by atoms with Gasteiger partial charge >= 0.3 is 11.9 Å². The number of methoxy groups -OCH3 is 2. The zero-order valence-corrected chi connectivity index (χ0v) is 24.9. The summed E-state index contributed by atoms with van der Waals surface area (Å²) in [5.74, 6) is -1.50. The standard InChI is InChI=1S/C31H31ClN2O7S/c1-20(17-29(35)36)33(19-21-7-6-8-23(32)18-21)27-15-16-28(26-10-5-4-9-25(26)27)34(42(38)39)24-13-11-22(12-14-24)30(40-2)31(37)41-3/h4-16,18,20,30,42H,17,19H2,1-3H3,(H,35,36)/t20-,30?/m0/s1. The summed E-state index contributed by atoms with van der Waals surface area (Å²) in [5, 5.41) is 11.5. The summed E-state index contributed by atoms with van der Waals surface area (Å²) in [6.45, 7) is 2.23. The molecule has 4 aromatic rings. The number of ether oxygens (including phenoxy) is 2. The van der Waals surface area contributed by atoms with E-state index >= 15 is 0 Å². The average molecular weight is 611 g/mol. The molecule has 42 heavy (non-hydrogen) atoms. The number of thiol groups is 1. The molecule has 4 rings (SSSR count). The van der Waals surface area contributed by atoms with Crippen LogP contribution in [0.25, 0.3) is 10.8 Å². The van der Waals surface area contributed by atoms with E-state index in [1.807, 2.05) is 54.3 Å². The van der Waals surface area contributed by atoms with Crippen LogP contribution in [0.3, 0.4) is 0 Å². The molecule has 2 atom stereocenters. The van der Waals surface area contributed by atoms with Gasteiger partial charge in [-0.05, 0) is 54.4 Å². The molecule has 0 bridgehead atoms. The number of hydrogen-bond acceptors (Lipinski definition) is 7. The quantitative estimate of drug-likeness (QED) is 0.151. The van der Waals surface area contributed by atoms with Crippen LogP contribution in [0.15, 0.2) is 84.9 Å². The summed E-state index contributed by atoms with van der Waals surface area (Å²) < 4.78 is 36.6. The third kappa shape index (κ3) is 6.84. The molecule has 0 heterocycles. The first-order valence-corrected chi connectivity index (χ1v) is 14.5. The van der Waals surface area contributed by atoms with Crippen molar-refractivity contribution in [2.75, 3.05) is 23.4 Å². The highest BCUT2D eigenvalue weighted by molar-refractivity contribution is 7.74. The molecule has 1 N–H and O–H groups in total. The number of fused-ring (bicyclic) bond motifs is 1. The molecule has 0 aliphatic rings. The van der Waals surface area contributed by atoms with Gasteiger partial charge in [0.05, 0.1) is 24.9 Å². The number of rotatable bonds is 12. The fraction of sp³-hybridized carbons (Fsp3) is 0.226. The van der Waals surface area contributed by atoms with Crippen molar-refractivity contribution in [3.05, 3.63) is 101 Å². The van der Waals surface area contributed by atoms with Crippen molar-refractivity contribution in [1.82, 2.24) is 0 Å². The van der Waals surface area contributed by atoms with Crippen molar-refractivity contribution in [2.24, 2.45) is 0 Å². The second-order valence-corrected chi connectivity index (χ2v) is 10.9. The Kier molecular flexibility index (Phi) is 10.1. The second-order valence-electron chi connectivity index (χ2n) is 9.63. The lowest BCUT2D eigenvalue weighted by molar-refractivity contribution is -0.152. The number of anilines is 3. The Bertz CT molecular complexity index is 1650. The van der Waals surface area contributed by atoms with Crippen LogP contribution in [0, 0.1) is 0 Å². The molecule has 0 saturated heterocycles.